The number of rotatable bonds is 7. The van der Waals surface area contributed by atoms with Crippen LogP contribution in [0.25, 0.3) is 0 Å². The SMILES string of the molecule is COc1ccc(NC(=S)NCCCc2ccc(C(C)C)cc2)cc1Cl. The van der Waals surface area contributed by atoms with Gasteiger partial charge in [0.05, 0.1) is 12.1 Å². The van der Waals surface area contributed by atoms with E-state index in [2.05, 4.69) is 48.7 Å². The fraction of sp³-hybridized carbons (Fsp3) is 0.350. The molecule has 0 aliphatic heterocycles. The average Bonchev–Trinajstić information content (AvgIpc) is 2.59. The number of ether oxygens (including phenoxy) is 1. The Morgan fingerprint density at radius 2 is 1.88 bits per heavy atom. The summed E-state index contributed by atoms with van der Waals surface area (Å²) in [6.45, 7) is 5.24. The highest BCUT2D eigenvalue weighted by Crippen LogP contribution is 2.27. The van der Waals surface area contributed by atoms with Gasteiger partial charge in [0.15, 0.2) is 5.11 Å². The Morgan fingerprint density at radius 3 is 2.48 bits per heavy atom. The Balaban J connectivity index is 1.72. The van der Waals surface area contributed by atoms with Gasteiger partial charge in [-0.3, -0.25) is 0 Å². The number of methoxy groups -OCH3 is 1. The maximum absolute atomic E-state index is 6.11. The van der Waals surface area contributed by atoms with E-state index in [9.17, 15) is 0 Å². The minimum Gasteiger partial charge on any atom is -0.495 e. The molecule has 0 spiro atoms. The van der Waals surface area contributed by atoms with E-state index < -0.39 is 0 Å². The van der Waals surface area contributed by atoms with Crippen LogP contribution in [-0.4, -0.2) is 18.8 Å². The number of benzene rings is 2. The van der Waals surface area contributed by atoms with Gasteiger partial charge in [-0.05, 0) is 60.3 Å². The van der Waals surface area contributed by atoms with Crippen molar-refractivity contribution >= 4 is 34.6 Å². The first kappa shape index (κ1) is 19.5. The molecule has 2 aromatic rings. The lowest BCUT2D eigenvalue weighted by molar-refractivity contribution is 0.415. The van der Waals surface area contributed by atoms with E-state index in [1.165, 1.54) is 11.1 Å². The number of aryl methyl sites for hydroxylation is 1. The van der Waals surface area contributed by atoms with Crippen LogP contribution < -0.4 is 15.4 Å². The monoisotopic (exact) mass is 376 g/mol. The van der Waals surface area contributed by atoms with E-state index in [0.717, 1.165) is 25.1 Å². The highest BCUT2D eigenvalue weighted by Gasteiger charge is 2.03. The minimum atomic E-state index is 0.556. The predicted octanol–water partition coefficient (Wildman–Crippen LogP) is 5.39. The Hall–Kier alpha value is -1.78. The number of thiocarbonyl (C=S) groups is 1. The predicted molar refractivity (Wildman–Crippen MR) is 111 cm³/mol. The number of hydrogen-bond donors (Lipinski definition) is 2. The molecule has 2 rings (SSSR count). The van der Waals surface area contributed by atoms with Crippen LogP contribution in [-0.2, 0) is 6.42 Å². The molecule has 5 heteroatoms. The molecule has 0 heterocycles. The van der Waals surface area contributed by atoms with Crippen LogP contribution in [0.4, 0.5) is 5.69 Å². The smallest absolute Gasteiger partial charge is 0.170 e. The molecule has 0 saturated carbocycles. The molecule has 0 aliphatic rings. The van der Waals surface area contributed by atoms with Crippen molar-refractivity contribution in [2.75, 3.05) is 19.0 Å². The van der Waals surface area contributed by atoms with Gasteiger partial charge >= 0.3 is 0 Å². The molecule has 3 nitrogen and oxygen atoms in total. The molecule has 25 heavy (non-hydrogen) atoms. The Bertz CT molecular complexity index is 701. The normalized spacial score (nSPS) is 10.6. The quantitative estimate of drug-likeness (QED) is 0.501. The molecule has 0 aliphatic carbocycles. The van der Waals surface area contributed by atoms with Crippen molar-refractivity contribution in [3.8, 4) is 5.75 Å². The van der Waals surface area contributed by atoms with E-state index >= 15 is 0 Å². The summed E-state index contributed by atoms with van der Waals surface area (Å²) >= 11 is 11.4. The summed E-state index contributed by atoms with van der Waals surface area (Å²) in [6.07, 6.45) is 2.05. The fourth-order valence-corrected chi connectivity index (χ4v) is 2.96. The lowest BCUT2D eigenvalue weighted by atomic mass is 10.0. The van der Waals surface area contributed by atoms with Gasteiger partial charge in [-0.15, -0.1) is 0 Å². The molecule has 134 valence electrons. The van der Waals surface area contributed by atoms with Crippen LogP contribution in [0, 0.1) is 0 Å². The molecule has 2 aromatic carbocycles. The van der Waals surface area contributed by atoms with Gasteiger partial charge in [0.25, 0.3) is 0 Å². The highest BCUT2D eigenvalue weighted by molar-refractivity contribution is 7.80. The van der Waals surface area contributed by atoms with E-state index in [0.29, 0.717) is 21.8 Å². The lowest BCUT2D eigenvalue weighted by Gasteiger charge is -2.12. The number of halogens is 1. The van der Waals surface area contributed by atoms with Crippen molar-refractivity contribution in [2.24, 2.45) is 0 Å². The van der Waals surface area contributed by atoms with Crippen molar-refractivity contribution in [1.29, 1.82) is 0 Å². The van der Waals surface area contributed by atoms with Crippen LogP contribution in [0.5, 0.6) is 5.75 Å². The third-order valence-electron chi connectivity index (χ3n) is 3.98. The van der Waals surface area contributed by atoms with Gasteiger partial charge in [-0.25, -0.2) is 0 Å². The summed E-state index contributed by atoms with van der Waals surface area (Å²) in [4.78, 5) is 0. The molecular formula is C20H25ClN2OS. The van der Waals surface area contributed by atoms with Gasteiger partial charge in [0.1, 0.15) is 5.75 Å². The van der Waals surface area contributed by atoms with Gasteiger partial charge in [-0.2, -0.15) is 0 Å². The molecule has 0 fully saturated rings. The molecule has 0 aromatic heterocycles. The zero-order valence-electron chi connectivity index (χ0n) is 14.9. The summed E-state index contributed by atoms with van der Waals surface area (Å²) < 4.78 is 5.14. The zero-order chi connectivity index (χ0) is 18.2. The topological polar surface area (TPSA) is 33.3 Å². The van der Waals surface area contributed by atoms with Crippen LogP contribution in [0.2, 0.25) is 5.02 Å². The molecule has 0 radical (unpaired) electrons. The van der Waals surface area contributed by atoms with Crippen LogP contribution in [0.1, 0.15) is 37.3 Å². The Morgan fingerprint density at radius 1 is 1.16 bits per heavy atom. The van der Waals surface area contributed by atoms with Gasteiger partial charge in [0.2, 0.25) is 0 Å². The zero-order valence-corrected chi connectivity index (χ0v) is 16.5. The van der Waals surface area contributed by atoms with E-state index in [1.54, 1.807) is 13.2 Å². The Labute approximate surface area is 160 Å². The summed E-state index contributed by atoms with van der Waals surface area (Å²) in [5.74, 6) is 1.22. The molecule has 2 N–H and O–H groups in total. The fourth-order valence-electron chi connectivity index (χ4n) is 2.48. The maximum atomic E-state index is 6.11. The lowest BCUT2D eigenvalue weighted by Crippen LogP contribution is -2.29. The van der Waals surface area contributed by atoms with E-state index in [4.69, 9.17) is 28.6 Å². The summed E-state index contributed by atoms with van der Waals surface area (Å²) in [6, 6.07) is 14.4. The molecule has 0 amide bonds. The third-order valence-corrected chi connectivity index (χ3v) is 4.53. The molecule has 0 unspecified atom stereocenters. The van der Waals surface area contributed by atoms with Crippen LogP contribution in [0.15, 0.2) is 42.5 Å². The second-order valence-corrected chi connectivity index (χ2v) is 7.05. The summed E-state index contributed by atoms with van der Waals surface area (Å²) in [7, 11) is 1.59. The number of nitrogens with one attached hydrogen (secondary N) is 2. The second-order valence-electron chi connectivity index (χ2n) is 6.23. The van der Waals surface area contributed by atoms with Crippen molar-refractivity contribution in [2.45, 2.75) is 32.6 Å². The molecular weight excluding hydrogens is 352 g/mol. The Kier molecular flexibility index (Phi) is 7.53. The standard InChI is InChI=1S/C20H25ClN2OS/c1-14(2)16-8-6-15(7-9-16)5-4-12-22-20(25)23-17-10-11-19(24-3)18(21)13-17/h6-11,13-14H,4-5,12H2,1-3H3,(H2,22,23,25). The highest BCUT2D eigenvalue weighted by atomic mass is 35.5. The van der Waals surface area contributed by atoms with Crippen molar-refractivity contribution in [1.82, 2.24) is 5.32 Å². The van der Waals surface area contributed by atoms with Crippen LogP contribution >= 0.6 is 23.8 Å². The first-order valence-corrected chi connectivity index (χ1v) is 9.25. The maximum Gasteiger partial charge on any atom is 0.170 e. The number of hydrogen-bond acceptors (Lipinski definition) is 2. The molecule has 0 atom stereocenters. The number of anilines is 1. The van der Waals surface area contributed by atoms with Gasteiger partial charge in [0, 0.05) is 12.2 Å². The summed E-state index contributed by atoms with van der Waals surface area (Å²) in [5, 5.41) is 7.51. The average molecular weight is 377 g/mol. The van der Waals surface area contributed by atoms with Gasteiger partial charge < -0.3 is 15.4 Å². The van der Waals surface area contributed by atoms with Gasteiger partial charge in [-0.1, -0.05) is 49.7 Å². The van der Waals surface area contributed by atoms with E-state index in [-0.39, 0.29) is 0 Å². The molecule has 0 bridgehead atoms. The largest absolute Gasteiger partial charge is 0.495 e. The van der Waals surface area contributed by atoms with Crippen molar-refractivity contribution in [3.05, 3.63) is 58.6 Å². The van der Waals surface area contributed by atoms with Crippen LogP contribution in [0.3, 0.4) is 0 Å². The third kappa shape index (κ3) is 6.22. The molecule has 0 saturated heterocycles. The second kappa shape index (κ2) is 9.64. The van der Waals surface area contributed by atoms with E-state index in [1.807, 2.05) is 12.1 Å². The first-order chi connectivity index (χ1) is 12.0. The van der Waals surface area contributed by atoms with Crippen molar-refractivity contribution < 1.29 is 4.74 Å². The first-order valence-electron chi connectivity index (χ1n) is 8.47. The summed E-state index contributed by atoms with van der Waals surface area (Å²) in [5.41, 5.74) is 3.57. The minimum absolute atomic E-state index is 0.556. The van der Waals surface area contributed by atoms with Crippen molar-refractivity contribution in [3.63, 3.8) is 0 Å².